The summed E-state index contributed by atoms with van der Waals surface area (Å²) in [4.78, 5) is 12.9. The maximum absolute atomic E-state index is 13.0. The molecule has 0 amide bonds. The van der Waals surface area contributed by atoms with Gasteiger partial charge in [-0.15, -0.1) is 5.10 Å². The molecule has 0 atom stereocenters. The first-order chi connectivity index (χ1) is 14.0. The van der Waals surface area contributed by atoms with E-state index in [0.717, 1.165) is 11.4 Å². The molecule has 0 aliphatic rings. The second-order valence-corrected chi connectivity index (χ2v) is 6.42. The summed E-state index contributed by atoms with van der Waals surface area (Å²) >= 11 is 0. The van der Waals surface area contributed by atoms with Gasteiger partial charge < -0.3 is 15.1 Å². The van der Waals surface area contributed by atoms with E-state index in [0.29, 0.717) is 17.3 Å². The topological polar surface area (TPSA) is 89.9 Å². The van der Waals surface area contributed by atoms with Crippen LogP contribution in [-0.2, 0) is 13.6 Å². The summed E-state index contributed by atoms with van der Waals surface area (Å²) in [5.41, 5.74) is 2.48. The summed E-state index contributed by atoms with van der Waals surface area (Å²) in [6, 6.07) is 15.4. The number of nitrogens with one attached hydrogen (secondary N) is 2. The van der Waals surface area contributed by atoms with Crippen LogP contribution in [0, 0.1) is 12.7 Å². The van der Waals surface area contributed by atoms with Gasteiger partial charge in [0.05, 0.1) is 17.9 Å². The van der Waals surface area contributed by atoms with Crippen molar-refractivity contribution in [2.75, 3.05) is 10.6 Å². The van der Waals surface area contributed by atoms with Crippen molar-refractivity contribution in [1.82, 2.24) is 19.6 Å². The molecule has 0 bridgehead atoms. The summed E-state index contributed by atoms with van der Waals surface area (Å²) in [6.07, 6.45) is 0. The highest BCUT2D eigenvalue weighted by atomic mass is 19.1. The predicted octanol–water partition coefficient (Wildman–Crippen LogP) is 3.36. The summed E-state index contributed by atoms with van der Waals surface area (Å²) in [5.74, 6) is -0.0196. The van der Waals surface area contributed by atoms with E-state index in [9.17, 15) is 9.18 Å². The summed E-state index contributed by atoms with van der Waals surface area (Å²) < 4.78 is 21.9. The Hall–Kier alpha value is -3.88. The van der Waals surface area contributed by atoms with Crippen LogP contribution in [0.4, 0.5) is 21.8 Å². The normalized spacial score (nSPS) is 10.9. The second kappa shape index (κ2) is 7.63. The first kappa shape index (κ1) is 18.5. The minimum absolute atomic E-state index is 0.166. The zero-order chi connectivity index (χ0) is 20.4. The Bertz CT molecular complexity index is 1180. The number of nitrogens with zero attached hydrogens (tertiary/aromatic N) is 4. The third-order valence-corrected chi connectivity index (χ3v) is 4.53. The fraction of sp³-hybridized carbons (Fsp3) is 0.150. The fourth-order valence-electron chi connectivity index (χ4n) is 2.97. The highest BCUT2D eigenvalue weighted by molar-refractivity contribution is 5.51. The number of rotatable bonds is 6. The van der Waals surface area contributed by atoms with Gasteiger partial charge in [0.25, 0.3) is 5.56 Å². The van der Waals surface area contributed by atoms with Crippen LogP contribution in [0.25, 0.3) is 5.69 Å². The van der Waals surface area contributed by atoms with Crippen LogP contribution in [0.15, 0.2) is 63.8 Å². The second-order valence-electron chi connectivity index (χ2n) is 6.42. The van der Waals surface area contributed by atoms with Crippen LogP contribution >= 0.6 is 0 Å². The quantitative estimate of drug-likeness (QED) is 0.521. The van der Waals surface area contributed by atoms with Gasteiger partial charge in [-0.3, -0.25) is 9.48 Å². The predicted molar refractivity (Wildman–Crippen MR) is 107 cm³/mol. The maximum atomic E-state index is 13.0. The number of aromatic nitrogens is 4. The molecule has 8 nitrogen and oxygen atoms in total. The molecule has 0 aliphatic heterocycles. The van der Waals surface area contributed by atoms with Gasteiger partial charge in [0, 0.05) is 12.7 Å². The first-order valence-corrected chi connectivity index (χ1v) is 8.96. The lowest BCUT2D eigenvalue weighted by molar-refractivity contribution is 0.517. The SMILES string of the molecule is Cc1c(NCc2nnc(Nc3ccc(F)cc3)o2)c(=O)n(-c2ccccc2)n1C. The number of benzene rings is 2. The van der Waals surface area contributed by atoms with Crippen molar-refractivity contribution in [3.63, 3.8) is 0 Å². The van der Waals surface area contributed by atoms with E-state index < -0.39 is 0 Å². The van der Waals surface area contributed by atoms with Gasteiger partial charge in [-0.1, -0.05) is 23.3 Å². The van der Waals surface area contributed by atoms with Crippen LogP contribution in [0.5, 0.6) is 0 Å². The molecular formula is C20H19FN6O2. The Morgan fingerprint density at radius 3 is 2.52 bits per heavy atom. The molecule has 0 fully saturated rings. The van der Waals surface area contributed by atoms with Gasteiger partial charge in [-0.25, -0.2) is 9.07 Å². The summed E-state index contributed by atoms with van der Waals surface area (Å²) in [5, 5.41) is 13.9. The lowest BCUT2D eigenvalue weighted by atomic mass is 10.3. The molecular weight excluding hydrogens is 375 g/mol. The molecule has 148 valence electrons. The summed E-state index contributed by atoms with van der Waals surface area (Å²) in [7, 11) is 1.83. The summed E-state index contributed by atoms with van der Waals surface area (Å²) in [6.45, 7) is 2.05. The van der Waals surface area contributed by atoms with Gasteiger partial charge in [0.15, 0.2) is 0 Å². The third-order valence-electron chi connectivity index (χ3n) is 4.53. The van der Waals surface area contributed by atoms with Gasteiger partial charge in [-0.2, -0.15) is 0 Å². The Balaban J connectivity index is 1.49. The standard InChI is InChI=1S/C20H19FN6O2/c1-13-18(19(28)27(26(13)2)16-6-4-3-5-7-16)22-12-17-24-25-20(29-17)23-15-10-8-14(21)9-11-15/h3-11,22H,12H2,1-2H3,(H,23,25). The van der Waals surface area contributed by atoms with E-state index in [2.05, 4.69) is 20.8 Å². The van der Waals surface area contributed by atoms with Crippen LogP contribution < -0.4 is 16.2 Å². The fourth-order valence-corrected chi connectivity index (χ4v) is 2.97. The average Bonchev–Trinajstić information content (AvgIpc) is 3.25. The molecule has 0 unspecified atom stereocenters. The minimum atomic E-state index is -0.328. The maximum Gasteiger partial charge on any atom is 0.320 e. The number of halogens is 1. The Morgan fingerprint density at radius 2 is 1.79 bits per heavy atom. The highest BCUT2D eigenvalue weighted by Gasteiger charge is 2.16. The lowest BCUT2D eigenvalue weighted by Crippen LogP contribution is -2.21. The van der Waals surface area contributed by atoms with Gasteiger partial charge in [-0.05, 0) is 43.3 Å². The molecule has 2 heterocycles. The minimum Gasteiger partial charge on any atom is -0.406 e. The van der Waals surface area contributed by atoms with E-state index in [1.54, 1.807) is 21.5 Å². The molecule has 0 spiro atoms. The number of para-hydroxylation sites is 1. The smallest absolute Gasteiger partial charge is 0.320 e. The van der Waals surface area contributed by atoms with Crippen LogP contribution in [0.2, 0.25) is 0 Å². The molecule has 2 aromatic carbocycles. The molecule has 4 aromatic rings. The van der Waals surface area contributed by atoms with Gasteiger partial charge >= 0.3 is 6.01 Å². The molecule has 4 rings (SSSR count). The van der Waals surface area contributed by atoms with Gasteiger partial charge in [0.2, 0.25) is 5.89 Å². The van der Waals surface area contributed by atoms with Crippen molar-refractivity contribution in [3.8, 4) is 5.69 Å². The monoisotopic (exact) mass is 394 g/mol. The zero-order valence-corrected chi connectivity index (χ0v) is 15.9. The molecule has 29 heavy (non-hydrogen) atoms. The Kier molecular flexibility index (Phi) is 4.86. The number of hydrogen-bond acceptors (Lipinski definition) is 6. The van der Waals surface area contributed by atoms with E-state index >= 15 is 0 Å². The first-order valence-electron chi connectivity index (χ1n) is 8.96. The average molecular weight is 394 g/mol. The van der Waals surface area contributed by atoms with Crippen molar-refractivity contribution in [1.29, 1.82) is 0 Å². The van der Waals surface area contributed by atoms with Crippen molar-refractivity contribution >= 4 is 17.4 Å². The molecule has 9 heteroatoms. The van der Waals surface area contributed by atoms with E-state index in [1.807, 2.05) is 44.3 Å². The van der Waals surface area contributed by atoms with E-state index in [-0.39, 0.29) is 23.9 Å². The molecule has 0 saturated carbocycles. The number of hydrogen-bond donors (Lipinski definition) is 2. The van der Waals surface area contributed by atoms with E-state index in [1.165, 1.54) is 12.1 Å². The Morgan fingerprint density at radius 1 is 1.07 bits per heavy atom. The lowest BCUT2D eigenvalue weighted by Gasteiger charge is -2.07. The van der Waals surface area contributed by atoms with Gasteiger partial charge in [0.1, 0.15) is 11.5 Å². The largest absolute Gasteiger partial charge is 0.406 e. The molecule has 0 radical (unpaired) electrons. The van der Waals surface area contributed by atoms with E-state index in [4.69, 9.17) is 4.42 Å². The Labute approximate surface area is 165 Å². The number of anilines is 3. The molecule has 0 aliphatic carbocycles. The molecule has 2 N–H and O–H groups in total. The molecule has 0 saturated heterocycles. The van der Waals surface area contributed by atoms with Crippen molar-refractivity contribution in [3.05, 3.63) is 82.4 Å². The van der Waals surface area contributed by atoms with Crippen LogP contribution in [-0.4, -0.2) is 19.6 Å². The van der Waals surface area contributed by atoms with Crippen LogP contribution in [0.1, 0.15) is 11.6 Å². The van der Waals surface area contributed by atoms with Crippen molar-refractivity contribution in [2.45, 2.75) is 13.5 Å². The molecule has 2 aromatic heterocycles. The van der Waals surface area contributed by atoms with Crippen LogP contribution in [0.3, 0.4) is 0 Å². The van der Waals surface area contributed by atoms with Crippen molar-refractivity contribution < 1.29 is 8.81 Å². The zero-order valence-electron chi connectivity index (χ0n) is 15.9. The third kappa shape index (κ3) is 3.75. The highest BCUT2D eigenvalue weighted by Crippen LogP contribution is 2.17. The van der Waals surface area contributed by atoms with Crippen molar-refractivity contribution in [2.24, 2.45) is 7.05 Å².